The quantitative estimate of drug-likeness (QED) is 0.0269. The molecule has 0 saturated carbocycles. The first-order valence-electron chi connectivity index (χ1n) is 22.7. The Hall–Kier alpha value is -1.85. The van der Waals surface area contributed by atoms with Crippen LogP contribution in [0.4, 0.5) is 0 Å². The Labute approximate surface area is 322 Å². The number of unbranched alkanes of at least 4 members (excludes halogenated alkanes) is 28. The highest BCUT2D eigenvalue weighted by molar-refractivity contribution is 5.71. The van der Waals surface area contributed by atoms with E-state index < -0.39 is 6.10 Å². The maximum atomic E-state index is 12.7. The van der Waals surface area contributed by atoms with E-state index in [0.717, 1.165) is 64.2 Å². The Bertz CT molecular complexity index is 809. The third kappa shape index (κ3) is 39.4. The smallest absolute Gasteiger partial charge is 0.306 e. The minimum atomic E-state index is -0.763. The molecule has 6 heteroatoms. The van der Waals surface area contributed by atoms with E-state index in [0.29, 0.717) is 19.3 Å². The van der Waals surface area contributed by atoms with Crippen molar-refractivity contribution in [1.29, 1.82) is 0 Å². The van der Waals surface area contributed by atoms with Gasteiger partial charge in [-0.3, -0.25) is 14.4 Å². The third-order valence-electron chi connectivity index (χ3n) is 10.0. The van der Waals surface area contributed by atoms with Crippen LogP contribution in [0.25, 0.3) is 0 Å². The molecule has 0 aromatic heterocycles. The number of rotatable bonds is 41. The van der Waals surface area contributed by atoms with Gasteiger partial charge in [0.05, 0.1) is 0 Å². The van der Waals surface area contributed by atoms with E-state index in [2.05, 4.69) is 32.9 Å². The molecule has 1 atom stereocenters. The van der Waals surface area contributed by atoms with Gasteiger partial charge >= 0.3 is 17.9 Å². The van der Waals surface area contributed by atoms with Crippen LogP contribution < -0.4 is 0 Å². The van der Waals surface area contributed by atoms with Crippen LogP contribution in [0.3, 0.4) is 0 Å². The zero-order valence-electron chi connectivity index (χ0n) is 34.8. The summed E-state index contributed by atoms with van der Waals surface area (Å²) in [5.41, 5.74) is 0. The molecule has 0 aliphatic heterocycles. The van der Waals surface area contributed by atoms with E-state index in [1.54, 1.807) is 0 Å². The molecular weight excluding hydrogens is 648 g/mol. The van der Waals surface area contributed by atoms with Crippen molar-refractivity contribution in [2.75, 3.05) is 13.2 Å². The molecule has 0 N–H and O–H groups in total. The Balaban J connectivity index is 4.34. The minimum absolute atomic E-state index is 0.0685. The molecule has 0 aromatic rings. The lowest BCUT2D eigenvalue weighted by molar-refractivity contribution is -0.167. The Morgan fingerprint density at radius 1 is 0.365 bits per heavy atom. The van der Waals surface area contributed by atoms with E-state index in [4.69, 9.17) is 14.2 Å². The summed E-state index contributed by atoms with van der Waals surface area (Å²) in [6.45, 7) is 6.60. The fraction of sp³-hybridized carbons (Fsp3) is 0.891. The molecule has 306 valence electrons. The van der Waals surface area contributed by atoms with Crippen LogP contribution in [-0.4, -0.2) is 37.2 Å². The molecule has 0 unspecified atom stereocenters. The second-order valence-corrected chi connectivity index (χ2v) is 15.3. The average Bonchev–Trinajstić information content (AvgIpc) is 3.14. The summed E-state index contributed by atoms with van der Waals surface area (Å²) in [4.78, 5) is 37.6. The van der Waals surface area contributed by atoms with Crippen LogP contribution in [0.2, 0.25) is 0 Å². The molecule has 0 aliphatic rings. The topological polar surface area (TPSA) is 78.9 Å². The van der Waals surface area contributed by atoms with E-state index in [1.807, 2.05) is 0 Å². The monoisotopic (exact) mass is 735 g/mol. The maximum Gasteiger partial charge on any atom is 0.306 e. The first kappa shape index (κ1) is 50.1. The number of allylic oxidation sites excluding steroid dienone is 2. The number of carbonyl (C=O) groups is 3. The number of ether oxygens (including phenoxy) is 3. The van der Waals surface area contributed by atoms with Crippen molar-refractivity contribution >= 4 is 17.9 Å². The minimum Gasteiger partial charge on any atom is -0.462 e. The largest absolute Gasteiger partial charge is 0.462 e. The van der Waals surface area contributed by atoms with Crippen LogP contribution in [0.15, 0.2) is 12.2 Å². The third-order valence-corrected chi connectivity index (χ3v) is 10.0. The van der Waals surface area contributed by atoms with Crippen LogP contribution in [-0.2, 0) is 28.6 Å². The van der Waals surface area contributed by atoms with Gasteiger partial charge < -0.3 is 14.2 Å². The first-order chi connectivity index (χ1) is 25.5. The number of hydrogen-bond donors (Lipinski definition) is 0. The molecule has 6 nitrogen and oxygen atoms in total. The van der Waals surface area contributed by atoms with E-state index >= 15 is 0 Å². The van der Waals surface area contributed by atoms with Gasteiger partial charge in [0, 0.05) is 19.3 Å². The highest BCUT2D eigenvalue weighted by Gasteiger charge is 2.19. The lowest BCUT2D eigenvalue weighted by Gasteiger charge is -2.18. The van der Waals surface area contributed by atoms with E-state index in [1.165, 1.54) is 141 Å². The predicted octanol–water partition coefficient (Wildman–Crippen LogP) is 14.3. The maximum absolute atomic E-state index is 12.7. The highest BCUT2D eigenvalue weighted by atomic mass is 16.6. The van der Waals surface area contributed by atoms with Gasteiger partial charge in [0.2, 0.25) is 0 Å². The van der Waals surface area contributed by atoms with Gasteiger partial charge in [0.15, 0.2) is 6.10 Å². The van der Waals surface area contributed by atoms with Gasteiger partial charge in [0.1, 0.15) is 13.2 Å². The molecule has 0 heterocycles. The molecule has 0 bridgehead atoms. The van der Waals surface area contributed by atoms with E-state index in [9.17, 15) is 14.4 Å². The lowest BCUT2D eigenvalue weighted by Crippen LogP contribution is -2.30. The summed E-state index contributed by atoms with van der Waals surface area (Å²) in [7, 11) is 0. The molecule has 52 heavy (non-hydrogen) atoms. The van der Waals surface area contributed by atoms with Crippen molar-refractivity contribution < 1.29 is 28.6 Å². The molecule has 0 radical (unpaired) electrons. The van der Waals surface area contributed by atoms with Gasteiger partial charge in [-0.2, -0.15) is 0 Å². The Morgan fingerprint density at radius 3 is 0.981 bits per heavy atom. The Kier molecular flexibility index (Phi) is 40.4. The molecular formula is C46H86O6. The molecule has 0 saturated heterocycles. The standard InChI is InChI=1S/C46H86O6/c1-4-7-10-13-16-19-21-23-25-27-30-33-36-39-45(48)51-42-43(41-50-44(47)38-35-32-29-26-18-15-12-9-6-3)52-46(49)40-37-34-31-28-24-22-20-17-14-11-8-5-2/h19,21,43H,4-18,20,22-42H2,1-3H3/b21-19-/t43-/m1/s1. The van der Waals surface area contributed by atoms with Crippen molar-refractivity contribution in [2.45, 2.75) is 252 Å². The van der Waals surface area contributed by atoms with Crippen LogP contribution in [0.5, 0.6) is 0 Å². The molecule has 0 spiro atoms. The van der Waals surface area contributed by atoms with Crippen molar-refractivity contribution in [3.63, 3.8) is 0 Å². The zero-order chi connectivity index (χ0) is 38.0. The van der Waals surface area contributed by atoms with Crippen molar-refractivity contribution in [3.8, 4) is 0 Å². The molecule has 0 amide bonds. The van der Waals surface area contributed by atoms with Crippen molar-refractivity contribution in [2.24, 2.45) is 0 Å². The van der Waals surface area contributed by atoms with Crippen LogP contribution >= 0.6 is 0 Å². The fourth-order valence-electron chi connectivity index (χ4n) is 6.55. The van der Waals surface area contributed by atoms with Gasteiger partial charge in [0.25, 0.3) is 0 Å². The lowest BCUT2D eigenvalue weighted by atomic mass is 10.0. The summed E-state index contributed by atoms with van der Waals surface area (Å²) >= 11 is 0. The van der Waals surface area contributed by atoms with Gasteiger partial charge in [-0.15, -0.1) is 0 Å². The second kappa shape index (κ2) is 41.9. The summed E-state index contributed by atoms with van der Waals surface area (Å²) in [6.07, 6.45) is 43.3. The predicted molar refractivity (Wildman–Crippen MR) is 220 cm³/mol. The highest BCUT2D eigenvalue weighted by Crippen LogP contribution is 2.15. The molecule has 0 fully saturated rings. The zero-order valence-corrected chi connectivity index (χ0v) is 34.8. The van der Waals surface area contributed by atoms with Gasteiger partial charge in [-0.05, 0) is 44.9 Å². The van der Waals surface area contributed by atoms with E-state index in [-0.39, 0.29) is 31.1 Å². The molecule has 0 rings (SSSR count). The SMILES string of the molecule is CCCCCC/C=C\CCCCCCCC(=O)OC[C@@H](COC(=O)CCCCCCCCCCC)OC(=O)CCCCCCCCCCCCCC. The van der Waals surface area contributed by atoms with Gasteiger partial charge in [-0.25, -0.2) is 0 Å². The summed E-state index contributed by atoms with van der Waals surface area (Å²) in [5, 5.41) is 0. The fourth-order valence-corrected chi connectivity index (χ4v) is 6.55. The molecule has 0 aromatic carbocycles. The summed E-state index contributed by atoms with van der Waals surface area (Å²) in [6, 6.07) is 0. The van der Waals surface area contributed by atoms with Crippen molar-refractivity contribution in [1.82, 2.24) is 0 Å². The average molecular weight is 735 g/mol. The van der Waals surface area contributed by atoms with Crippen LogP contribution in [0.1, 0.15) is 245 Å². The summed E-state index contributed by atoms with van der Waals surface area (Å²) in [5.74, 6) is -0.873. The number of carbonyl (C=O) groups excluding carboxylic acids is 3. The Morgan fingerprint density at radius 2 is 0.635 bits per heavy atom. The van der Waals surface area contributed by atoms with Gasteiger partial charge in [-0.1, -0.05) is 193 Å². The normalized spacial score (nSPS) is 12.0. The summed E-state index contributed by atoms with van der Waals surface area (Å²) < 4.78 is 16.7. The van der Waals surface area contributed by atoms with Crippen molar-refractivity contribution in [3.05, 3.63) is 12.2 Å². The second-order valence-electron chi connectivity index (χ2n) is 15.3. The molecule has 0 aliphatic carbocycles. The first-order valence-corrected chi connectivity index (χ1v) is 22.7. The number of esters is 3. The number of hydrogen-bond acceptors (Lipinski definition) is 6. The van der Waals surface area contributed by atoms with Crippen LogP contribution in [0, 0.1) is 0 Å².